The number of hydrogen-bond donors (Lipinski definition) is 0. The third-order valence-corrected chi connectivity index (χ3v) is 5.75. The second kappa shape index (κ2) is 10.00. The fraction of sp³-hybridized carbons (Fsp3) is 0.214. The minimum absolute atomic E-state index is 0.0431. The molecule has 0 N–H and O–H groups in total. The first-order valence-electron chi connectivity index (χ1n) is 11.3. The predicted octanol–water partition coefficient (Wildman–Crippen LogP) is 6.80. The van der Waals surface area contributed by atoms with E-state index in [9.17, 15) is 13.6 Å². The zero-order chi connectivity index (χ0) is 24.2. The highest BCUT2D eigenvalue weighted by molar-refractivity contribution is 6.09. The van der Waals surface area contributed by atoms with Gasteiger partial charge in [0.2, 0.25) is 0 Å². The molecule has 0 saturated heterocycles. The molecule has 2 heterocycles. The summed E-state index contributed by atoms with van der Waals surface area (Å²) in [6.45, 7) is 5.93. The summed E-state index contributed by atoms with van der Waals surface area (Å²) in [5.41, 5.74) is 4.69. The fourth-order valence-electron chi connectivity index (χ4n) is 4.28. The van der Waals surface area contributed by atoms with Gasteiger partial charge in [0.1, 0.15) is 17.3 Å². The third-order valence-electron chi connectivity index (χ3n) is 5.75. The predicted molar refractivity (Wildman–Crippen MR) is 131 cm³/mol. The molecule has 0 spiro atoms. The summed E-state index contributed by atoms with van der Waals surface area (Å²) in [4.78, 5) is 17.9. The van der Waals surface area contributed by atoms with E-state index in [2.05, 4.69) is 4.98 Å². The minimum Gasteiger partial charge on any atom is -0.461 e. The Morgan fingerprint density at radius 1 is 1.12 bits per heavy atom. The van der Waals surface area contributed by atoms with Crippen LogP contribution in [-0.4, -0.2) is 22.1 Å². The van der Waals surface area contributed by atoms with Crippen molar-refractivity contribution in [3.8, 4) is 11.1 Å². The van der Waals surface area contributed by atoms with Crippen molar-refractivity contribution < 1.29 is 18.3 Å². The van der Waals surface area contributed by atoms with Gasteiger partial charge in [-0.05, 0) is 50.1 Å². The van der Waals surface area contributed by atoms with Crippen LogP contribution in [0.3, 0.4) is 0 Å². The number of halogens is 2. The monoisotopic (exact) mass is 460 g/mol. The number of hydrogen-bond acceptors (Lipinski definition) is 3. The molecule has 2 aromatic carbocycles. The Morgan fingerprint density at radius 2 is 1.94 bits per heavy atom. The summed E-state index contributed by atoms with van der Waals surface area (Å²) in [7, 11) is 0. The largest absolute Gasteiger partial charge is 0.461 e. The van der Waals surface area contributed by atoms with Gasteiger partial charge in [0, 0.05) is 45.6 Å². The van der Waals surface area contributed by atoms with E-state index < -0.39 is 17.6 Å². The fourth-order valence-corrected chi connectivity index (χ4v) is 4.28. The number of carbonyl (C=O) groups is 1. The molecular weight excluding hydrogens is 434 g/mol. The van der Waals surface area contributed by atoms with Crippen LogP contribution in [0.15, 0.2) is 60.8 Å². The van der Waals surface area contributed by atoms with Crippen LogP contribution in [0.5, 0.6) is 0 Å². The number of allylic oxidation sites excluding steroid dienone is 1. The van der Waals surface area contributed by atoms with Crippen LogP contribution in [-0.2, 0) is 17.7 Å². The Morgan fingerprint density at radius 3 is 2.65 bits per heavy atom. The SMILES string of the molecule is C/C=C\c1ccc2c(c1)c(-c1cccnc1CC)c(C(=O)OCC)n2Cc1ccc(F)cc1F. The summed E-state index contributed by atoms with van der Waals surface area (Å²) < 4.78 is 35.4. The van der Waals surface area contributed by atoms with E-state index in [1.54, 1.807) is 17.7 Å². The number of rotatable bonds is 7. The molecule has 4 nitrogen and oxygen atoms in total. The molecule has 4 aromatic rings. The zero-order valence-corrected chi connectivity index (χ0v) is 19.4. The van der Waals surface area contributed by atoms with Gasteiger partial charge in [0.15, 0.2) is 0 Å². The molecule has 2 aromatic heterocycles. The van der Waals surface area contributed by atoms with Crippen LogP contribution in [0.4, 0.5) is 8.78 Å². The van der Waals surface area contributed by atoms with Crippen molar-refractivity contribution in [3.63, 3.8) is 0 Å². The third kappa shape index (κ3) is 4.36. The molecule has 0 amide bonds. The number of aryl methyl sites for hydroxylation is 1. The minimum atomic E-state index is -0.667. The average molecular weight is 461 g/mol. The highest BCUT2D eigenvalue weighted by atomic mass is 19.1. The van der Waals surface area contributed by atoms with E-state index in [1.165, 1.54) is 12.1 Å². The van der Waals surface area contributed by atoms with E-state index >= 15 is 0 Å². The maximum atomic E-state index is 14.6. The number of aromatic nitrogens is 2. The molecule has 4 rings (SSSR count). The maximum absolute atomic E-state index is 14.6. The topological polar surface area (TPSA) is 44.1 Å². The Labute approximate surface area is 197 Å². The molecular formula is C28H26F2N2O2. The van der Waals surface area contributed by atoms with Gasteiger partial charge in [0.05, 0.1) is 13.2 Å². The van der Waals surface area contributed by atoms with Gasteiger partial charge in [0.25, 0.3) is 0 Å². The van der Waals surface area contributed by atoms with Crippen LogP contribution in [0.2, 0.25) is 0 Å². The highest BCUT2D eigenvalue weighted by Crippen LogP contribution is 2.38. The number of nitrogens with zero attached hydrogens (tertiary/aromatic N) is 2. The number of pyridine rings is 1. The number of fused-ring (bicyclic) bond motifs is 1. The maximum Gasteiger partial charge on any atom is 0.355 e. The van der Waals surface area contributed by atoms with Crippen LogP contribution in [0.1, 0.15) is 48.1 Å². The van der Waals surface area contributed by atoms with Gasteiger partial charge in [-0.3, -0.25) is 4.98 Å². The van der Waals surface area contributed by atoms with Gasteiger partial charge in [-0.25, -0.2) is 13.6 Å². The van der Waals surface area contributed by atoms with Crippen LogP contribution in [0, 0.1) is 11.6 Å². The lowest BCUT2D eigenvalue weighted by Crippen LogP contribution is -2.15. The van der Waals surface area contributed by atoms with E-state index in [1.807, 2.05) is 56.3 Å². The molecule has 0 aliphatic heterocycles. The second-order valence-corrected chi connectivity index (χ2v) is 7.89. The van der Waals surface area contributed by atoms with E-state index in [4.69, 9.17) is 4.74 Å². The van der Waals surface area contributed by atoms with Gasteiger partial charge < -0.3 is 9.30 Å². The molecule has 0 aliphatic rings. The molecule has 0 fully saturated rings. The smallest absolute Gasteiger partial charge is 0.355 e. The summed E-state index contributed by atoms with van der Waals surface area (Å²) in [5, 5.41) is 0.837. The Balaban J connectivity index is 2.09. The van der Waals surface area contributed by atoms with E-state index in [0.717, 1.165) is 33.8 Å². The van der Waals surface area contributed by atoms with Gasteiger partial charge in [-0.1, -0.05) is 37.3 Å². The van der Waals surface area contributed by atoms with Crippen molar-refractivity contribution in [2.75, 3.05) is 6.61 Å². The molecule has 0 aliphatic carbocycles. The molecule has 0 atom stereocenters. The molecule has 0 saturated carbocycles. The first-order chi connectivity index (χ1) is 16.5. The number of benzene rings is 2. The number of ether oxygens (including phenoxy) is 1. The molecule has 174 valence electrons. The number of carbonyl (C=O) groups excluding carboxylic acids is 1. The Hall–Kier alpha value is -3.80. The molecule has 0 radical (unpaired) electrons. The summed E-state index contributed by atoms with van der Waals surface area (Å²) in [6.07, 6.45) is 6.32. The molecule has 0 bridgehead atoms. The second-order valence-electron chi connectivity index (χ2n) is 7.89. The lowest BCUT2D eigenvalue weighted by molar-refractivity contribution is 0.0516. The zero-order valence-electron chi connectivity index (χ0n) is 19.4. The van der Waals surface area contributed by atoms with Gasteiger partial charge in [-0.15, -0.1) is 0 Å². The molecule has 0 unspecified atom stereocenters. The molecule has 6 heteroatoms. The standard InChI is InChI=1S/C28H26F2N2O2/c1-4-8-18-10-13-25-22(15-18)26(21-9-7-14-31-24(21)5-2)27(28(33)34-6-3)32(25)17-19-11-12-20(29)16-23(19)30/h4,7-16H,5-6,17H2,1-3H3/b8-4-. The van der Waals surface area contributed by atoms with E-state index in [-0.39, 0.29) is 18.7 Å². The van der Waals surface area contributed by atoms with Crippen molar-refractivity contribution in [3.05, 3.63) is 95.0 Å². The van der Waals surface area contributed by atoms with Crippen LogP contribution in [0.25, 0.3) is 28.1 Å². The van der Waals surface area contributed by atoms with Crippen molar-refractivity contribution >= 4 is 22.9 Å². The average Bonchev–Trinajstić information content (AvgIpc) is 3.14. The van der Waals surface area contributed by atoms with Crippen LogP contribution >= 0.6 is 0 Å². The Bertz CT molecular complexity index is 1390. The highest BCUT2D eigenvalue weighted by Gasteiger charge is 2.27. The van der Waals surface area contributed by atoms with Crippen molar-refractivity contribution in [2.24, 2.45) is 0 Å². The van der Waals surface area contributed by atoms with E-state index in [0.29, 0.717) is 17.7 Å². The lowest BCUT2D eigenvalue weighted by atomic mass is 9.98. The number of esters is 1. The molecule has 34 heavy (non-hydrogen) atoms. The van der Waals surface area contributed by atoms with Gasteiger partial charge in [-0.2, -0.15) is 0 Å². The van der Waals surface area contributed by atoms with Crippen LogP contribution < -0.4 is 0 Å². The van der Waals surface area contributed by atoms with Gasteiger partial charge >= 0.3 is 5.97 Å². The summed E-state index contributed by atoms with van der Waals surface area (Å²) >= 11 is 0. The summed E-state index contributed by atoms with van der Waals surface area (Å²) in [5.74, 6) is -1.82. The normalized spacial score (nSPS) is 11.4. The first-order valence-corrected chi connectivity index (χ1v) is 11.3. The van der Waals surface area contributed by atoms with Crippen molar-refractivity contribution in [1.82, 2.24) is 9.55 Å². The quantitative estimate of drug-likeness (QED) is 0.285. The Kier molecular flexibility index (Phi) is 6.87. The lowest BCUT2D eigenvalue weighted by Gasteiger charge is -2.13. The summed E-state index contributed by atoms with van der Waals surface area (Å²) in [6, 6.07) is 13.1. The first kappa shape index (κ1) is 23.4. The van der Waals surface area contributed by atoms with Crippen molar-refractivity contribution in [2.45, 2.75) is 33.7 Å². The van der Waals surface area contributed by atoms with Crippen molar-refractivity contribution in [1.29, 1.82) is 0 Å².